The smallest absolute Gasteiger partial charge is 0.271 e. The van der Waals surface area contributed by atoms with Crippen molar-refractivity contribution in [2.75, 3.05) is 5.73 Å². The lowest BCUT2D eigenvalue weighted by molar-refractivity contribution is 0.0928. The molecule has 0 bridgehead atoms. The largest absolute Gasteiger partial charge is 0.384 e. The van der Waals surface area contributed by atoms with E-state index in [1.807, 2.05) is 0 Å². The molecule has 0 radical (unpaired) electrons. The summed E-state index contributed by atoms with van der Waals surface area (Å²) < 4.78 is 0. The zero-order chi connectivity index (χ0) is 13.8. The number of nitrogens with one attached hydrogen (secondary N) is 1. The number of carbonyl (C=O) groups excluding carboxylic acids is 1. The Hall–Kier alpha value is -1.29. The van der Waals surface area contributed by atoms with Crippen molar-refractivity contribution >= 4 is 23.3 Å². The van der Waals surface area contributed by atoms with E-state index in [1.165, 1.54) is 6.42 Å². The van der Waals surface area contributed by atoms with E-state index in [0.717, 1.165) is 31.6 Å². The quantitative estimate of drug-likeness (QED) is 0.819. The number of amides is 1. The Balaban J connectivity index is 2.02. The Morgan fingerprint density at radius 1 is 1.37 bits per heavy atom. The highest BCUT2D eigenvalue weighted by Crippen LogP contribution is 2.23. The van der Waals surface area contributed by atoms with E-state index in [0.29, 0.717) is 10.8 Å². The highest BCUT2D eigenvalue weighted by Gasteiger charge is 2.20. The van der Waals surface area contributed by atoms with Gasteiger partial charge in [0, 0.05) is 6.04 Å². The molecule has 3 N–H and O–H groups in total. The first-order chi connectivity index (χ1) is 9.06. The number of nitrogen functional groups attached to an aromatic ring is 1. The first-order valence-electron chi connectivity index (χ1n) is 6.79. The van der Waals surface area contributed by atoms with Gasteiger partial charge in [0.25, 0.3) is 5.91 Å². The summed E-state index contributed by atoms with van der Waals surface area (Å²) in [5.41, 5.74) is 5.81. The van der Waals surface area contributed by atoms with Gasteiger partial charge in [-0.15, -0.1) is 0 Å². The van der Waals surface area contributed by atoms with Crippen molar-refractivity contribution in [2.24, 2.45) is 5.92 Å². The highest BCUT2D eigenvalue weighted by molar-refractivity contribution is 6.33. The third-order valence-corrected chi connectivity index (χ3v) is 3.98. The number of hydrogen-bond donors (Lipinski definition) is 2. The molecule has 1 aromatic heterocycles. The van der Waals surface area contributed by atoms with Crippen molar-refractivity contribution < 1.29 is 4.79 Å². The van der Waals surface area contributed by atoms with Crippen molar-refractivity contribution in [1.29, 1.82) is 0 Å². The Morgan fingerprint density at radius 3 is 2.95 bits per heavy atom. The van der Waals surface area contributed by atoms with Crippen molar-refractivity contribution in [3.05, 3.63) is 22.8 Å². The summed E-state index contributed by atoms with van der Waals surface area (Å²) in [6.07, 6.45) is 5.60. The molecule has 0 spiro atoms. The summed E-state index contributed by atoms with van der Waals surface area (Å²) >= 11 is 5.99. The maximum atomic E-state index is 12.2. The summed E-state index contributed by atoms with van der Waals surface area (Å²) in [5, 5.41) is 3.36. The van der Waals surface area contributed by atoms with E-state index >= 15 is 0 Å². The van der Waals surface area contributed by atoms with Crippen molar-refractivity contribution in [2.45, 2.75) is 45.1 Å². The number of halogens is 1. The number of hydrogen-bond acceptors (Lipinski definition) is 3. The SMILES string of the molecule is CC1CCCC(NC(=O)c2nc(N)ccc2Cl)CC1. The van der Waals surface area contributed by atoms with Crippen LogP contribution in [0.5, 0.6) is 0 Å². The molecule has 5 heteroatoms. The van der Waals surface area contributed by atoms with Crippen LogP contribution in [0.1, 0.15) is 49.5 Å². The van der Waals surface area contributed by atoms with Crippen LogP contribution in [0.25, 0.3) is 0 Å². The zero-order valence-corrected chi connectivity index (χ0v) is 11.9. The molecule has 1 amide bonds. The van der Waals surface area contributed by atoms with Gasteiger partial charge in [-0.05, 0) is 37.3 Å². The average molecular weight is 282 g/mol. The summed E-state index contributed by atoms with van der Waals surface area (Å²) in [7, 11) is 0. The molecular weight excluding hydrogens is 262 g/mol. The number of pyridine rings is 1. The van der Waals surface area contributed by atoms with Gasteiger partial charge in [0.05, 0.1) is 5.02 Å². The van der Waals surface area contributed by atoms with Gasteiger partial charge in [0.1, 0.15) is 11.5 Å². The van der Waals surface area contributed by atoms with Gasteiger partial charge in [-0.3, -0.25) is 4.79 Å². The monoisotopic (exact) mass is 281 g/mol. The Labute approximate surface area is 118 Å². The molecular formula is C14H20ClN3O. The number of rotatable bonds is 2. The summed E-state index contributed by atoms with van der Waals surface area (Å²) in [5.74, 6) is 0.830. The molecule has 19 heavy (non-hydrogen) atoms. The van der Waals surface area contributed by atoms with Crippen LogP contribution < -0.4 is 11.1 Å². The molecule has 0 aromatic carbocycles. The van der Waals surface area contributed by atoms with Gasteiger partial charge in [-0.2, -0.15) is 0 Å². The molecule has 2 unspecified atom stereocenters. The van der Waals surface area contributed by atoms with Crippen LogP contribution in [0.15, 0.2) is 12.1 Å². The van der Waals surface area contributed by atoms with Crippen LogP contribution in [-0.4, -0.2) is 16.9 Å². The normalized spacial score (nSPS) is 23.7. The van der Waals surface area contributed by atoms with Crippen LogP contribution in [0.4, 0.5) is 5.82 Å². The second-order valence-corrected chi connectivity index (χ2v) is 5.76. The maximum Gasteiger partial charge on any atom is 0.271 e. The second-order valence-electron chi connectivity index (χ2n) is 5.35. The lowest BCUT2D eigenvalue weighted by atomic mass is 10.0. The van der Waals surface area contributed by atoms with Crippen molar-refractivity contribution in [1.82, 2.24) is 10.3 Å². The molecule has 104 valence electrons. The van der Waals surface area contributed by atoms with Gasteiger partial charge in [-0.1, -0.05) is 31.4 Å². The summed E-state index contributed by atoms with van der Waals surface area (Å²) in [6, 6.07) is 3.41. The van der Waals surface area contributed by atoms with E-state index in [-0.39, 0.29) is 17.6 Å². The number of carbonyl (C=O) groups is 1. The molecule has 1 fully saturated rings. The van der Waals surface area contributed by atoms with Crippen molar-refractivity contribution in [3.8, 4) is 0 Å². The molecule has 1 aromatic rings. The minimum atomic E-state index is -0.225. The third kappa shape index (κ3) is 3.83. The van der Waals surface area contributed by atoms with Crippen LogP contribution in [-0.2, 0) is 0 Å². The summed E-state index contributed by atoms with van der Waals surface area (Å²) in [6.45, 7) is 2.26. The van der Waals surface area contributed by atoms with E-state index < -0.39 is 0 Å². The second kappa shape index (κ2) is 6.24. The fraction of sp³-hybridized carbons (Fsp3) is 0.571. The van der Waals surface area contributed by atoms with Gasteiger partial charge >= 0.3 is 0 Å². The minimum absolute atomic E-state index is 0.219. The Morgan fingerprint density at radius 2 is 2.16 bits per heavy atom. The van der Waals surface area contributed by atoms with Crippen LogP contribution >= 0.6 is 11.6 Å². The number of nitrogens with zero attached hydrogens (tertiary/aromatic N) is 1. The molecule has 0 aliphatic heterocycles. The lowest BCUT2D eigenvalue weighted by Crippen LogP contribution is -2.35. The lowest BCUT2D eigenvalue weighted by Gasteiger charge is -2.16. The van der Waals surface area contributed by atoms with Gasteiger partial charge < -0.3 is 11.1 Å². The molecule has 1 heterocycles. The molecule has 0 saturated heterocycles. The first kappa shape index (κ1) is 14.1. The van der Waals surface area contributed by atoms with Crippen molar-refractivity contribution in [3.63, 3.8) is 0 Å². The maximum absolute atomic E-state index is 12.2. The molecule has 1 aliphatic rings. The van der Waals surface area contributed by atoms with E-state index in [2.05, 4.69) is 17.2 Å². The fourth-order valence-electron chi connectivity index (χ4n) is 2.50. The zero-order valence-electron chi connectivity index (χ0n) is 11.2. The molecule has 1 saturated carbocycles. The van der Waals surface area contributed by atoms with Gasteiger partial charge in [-0.25, -0.2) is 4.98 Å². The fourth-order valence-corrected chi connectivity index (χ4v) is 2.69. The molecule has 4 nitrogen and oxygen atoms in total. The predicted octanol–water partition coefficient (Wildman–Crippen LogP) is 3.02. The Bertz CT molecular complexity index is 464. The summed E-state index contributed by atoms with van der Waals surface area (Å²) in [4.78, 5) is 16.2. The first-order valence-corrected chi connectivity index (χ1v) is 7.17. The Kier molecular flexibility index (Phi) is 4.64. The number of anilines is 1. The van der Waals surface area contributed by atoms with Crippen LogP contribution in [0.3, 0.4) is 0 Å². The van der Waals surface area contributed by atoms with E-state index in [9.17, 15) is 4.79 Å². The molecule has 2 atom stereocenters. The number of nitrogens with two attached hydrogens (primary N) is 1. The molecule has 2 rings (SSSR count). The van der Waals surface area contributed by atoms with Crippen LogP contribution in [0.2, 0.25) is 5.02 Å². The predicted molar refractivity (Wildman–Crippen MR) is 77.2 cm³/mol. The van der Waals surface area contributed by atoms with Crippen LogP contribution in [0, 0.1) is 5.92 Å². The average Bonchev–Trinajstić information content (AvgIpc) is 2.57. The molecule has 1 aliphatic carbocycles. The highest BCUT2D eigenvalue weighted by atomic mass is 35.5. The standard InChI is InChI=1S/C14H20ClN3O/c1-9-3-2-4-10(6-5-9)17-14(19)13-11(15)7-8-12(16)18-13/h7-10H,2-6H2,1H3,(H2,16,18)(H,17,19). The van der Waals surface area contributed by atoms with E-state index in [4.69, 9.17) is 17.3 Å². The van der Waals surface area contributed by atoms with Gasteiger partial charge in [0.2, 0.25) is 0 Å². The van der Waals surface area contributed by atoms with E-state index in [1.54, 1.807) is 12.1 Å². The minimum Gasteiger partial charge on any atom is -0.384 e. The number of aromatic nitrogens is 1. The van der Waals surface area contributed by atoms with Gasteiger partial charge in [0.15, 0.2) is 0 Å². The topological polar surface area (TPSA) is 68.0 Å². The third-order valence-electron chi connectivity index (χ3n) is 3.68.